The molecule has 1 aromatic rings. The Balaban J connectivity index is 2.78. The molecule has 110 valence electrons. The standard InChI is InChI=1S/C11H14ClN3O4S/c1-20(19)4-2-3-14-11(16)7-5-8(12)10(13)9(6-7)15(17)18/h5-6H,2-4,13H2,1H3,(H,14,16). The molecule has 1 amide bonds. The molecule has 0 fully saturated rings. The molecule has 1 aromatic carbocycles. The summed E-state index contributed by atoms with van der Waals surface area (Å²) in [6.07, 6.45) is 2.13. The van der Waals surface area contributed by atoms with Crippen molar-refractivity contribution in [1.29, 1.82) is 0 Å². The molecule has 0 aliphatic carbocycles. The Hall–Kier alpha value is -1.67. The maximum atomic E-state index is 11.8. The summed E-state index contributed by atoms with van der Waals surface area (Å²) in [6, 6.07) is 2.35. The van der Waals surface area contributed by atoms with E-state index in [1.54, 1.807) is 6.26 Å². The van der Waals surface area contributed by atoms with E-state index in [0.717, 1.165) is 6.07 Å². The van der Waals surface area contributed by atoms with E-state index < -0.39 is 27.3 Å². The van der Waals surface area contributed by atoms with Crippen LogP contribution in [0.5, 0.6) is 0 Å². The molecule has 0 saturated heterocycles. The molecule has 0 aromatic heterocycles. The minimum Gasteiger partial charge on any atom is -0.392 e. The number of nitro groups is 1. The van der Waals surface area contributed by atoms with Crippen molar-refractivity contribution in [3.63, 3.8) is 0 Å². The lowest BCUT2D eigenvalue weighted by Crippen LogP contribution is -2.25. The molecule has 0 aliphatic heterocycles. The number of nitrogen functional groups attached to an aromatic ring is 1. The summed E-state index contributed by atoms with van der Waals surface area (Å²) in [6.45, 7) is 0.328. The van der Waals surface area contributed by atoms with Crippen LogP contribution < -0.4 is 11.1 Å². The Kier molecular flexibility index (Phi) is 5.90. The monoisotopic (exact) mass is 319 g/mol. The maximum absolute atomic E-state index is 11.8. The summed E-state index contributed by atoms with van der Waals surface area (Å²) in [5, 5.41) is 13.3. The van der Waals surface area contributed by atoms with Gasteiger partial charge in [-0.05, 0) is 12.5 Å². The molecule has 0 aliphatic rings. The van der Waals surface area contributed by atoms with Crippen molar-refractivity contribution in [3.05, 3.63) is 32.8 Å². The molecule has 0 bridgehead atoms. The fourth-order valence-corrected chi connectivity index (χ4v) is 2.23. The van der Waals surface area contributed by atoms with Crippen molar-refractivity contribution in [3.8, 4) is 0 Å². The Morgan fingerprint density at radius 3 is 2.75 bits per heavy atom. The van der Waals surface area contributed by atoms with Crippen molar-refractivity contribution < 1.29 is 13.9 Å². The van der Waals surface area contributed by atoms with E-state index in [0.29, 0.717) is 18.7 Å². The summed E-state index contributed by atoms with van der Waals surface area (Å²) in [5.74, 6) is -0.0139. The van der Waals surface area contributed by atoms with E-state index in [2.05, 4.69) is 5.32 Å². The number of anilines is 1. The van der Waals surface area contributed by atoms with Crippen LogP contribution in [0.25, 0.3) is 0 Å². The number of nitro benzene ring substituents is 1. The van der Waals surface area contributed by atoms with Crippen LogP contribution in [0.2, 0.25) is 5.02 Å². The topological polar surface area (TPSA) is 115 Å². The van der Waals surface area contributed by atoms with Crippen molar-refractivity contribution in [2.45, 2.75) is 6.42 Å². The number of amides is 1. The number of halogens is 1. The molecule has 0 saturated carbocycles. The number of carbonyl (C=O) groups is 1. The number of rotatable bonds is 6. The van der Waals surface area contributed by atoms with Crippen LogP contribution in [0.1, 0.15) is 16.8 Å². The molecular weight excluding hydrogens is 306 g/mol. The highest BCUT2D eigenvalue weighted by atomic mass is 35.5. The van der Waals surface area contributed by atoms with Gasteiger partial charge in [0.1, 0.15) is 5.69 Å². The molecule has 1 rings (SSSR count). The number of nitrogens with zero attached hydrogens (tertiary/aromatic N) is 1. The van der Waals surface area contributed by atoms with Gasteiger partial charge in [-0.25, -0.2) is 0 Å². The van der Waals surface area contributed by atoms with Crippen LogP contribution in [-0.4, -0.2) is 33.6 Å². The van der Waals surface area contributed by atoms with Gasteiger partial charge < -0.3 is 11.1 Å². The van der Waals surface area contributed by atoms with Gasteiger partial charge in [0.15, 0.2) is 0 Å². The molecule has 0 spiro atoms. The average Bonchev–Trinajstić information content (AvgIpc) is 2.36. The molecule has 0 heterocycles. The van der Waals surface area contributed by atoms with Crippen molar-refractivity contribution in [2.24, 2.45) is 0 Å². The fourth-order valence-electron chi connectivity index (χ4n) is 1.46. The van der Waals surface area contributed by atoms with Gasteiger partial charge in [0.2, 0.25) is 0 Å². The highest BCUT2D eigenvalue weighted by Gasteiger charge is 2.19. The molecule has 20 heavy (non-hydrogen) atoms. The minimum absolute atomic E-state index is 0.0426. The quantitative estimate of drug-likeness (QED) is 0.355. The van der Waals surface area contributed by atoms with Crippen molar-refractivity contribution >= 4 is 39.7 Å². The first-order chi connectivity index (χ1) is 9.32. The summed E-state index contributed by atoms with van der Waals surface area (Å²) < 4.78 is 10.9. The Morgan fingerprint density at radius 1 is 1.55 bits per heavy atom. The molecule has 3 N–H and O–H groups in total. The van der Waals surface area contributed by atoms with Gasteiger partial charge in [-0.2, -0.15) is 0 Å². The predicted octanol–water partition coefficient (Wildman–Crippen LogP) is 1.33. The van der Waals surface area contributed by atoms with Crippen LogP contribution in [0.15, 0.2) is 12.1 Å². The Bertz CT molecular complexity index is 565. The van der Waals surface area contributed by atoms with Gasteiger partial charge in [-0.15, -0.1) is 0 Å². The zero-order valence-corrected chi connectivity index (χ0v) is 12.3. The SMILES string of the molecule is CS(=O)CCCNC(=O)c1cc(Cl)c(N)c([N+](=O)[O-])c1. The highest BCUT2D eigenvalue weighted by molar-refractivity contribution is 7.84. The molecule has 1 atom stereocenters. The summed E-state index contributed by atoms with van der Waals surface area (Å²) in [5.41, 5.74) is 4.95. The van der Waals surface area contributed by atoms with Crippen molar-refractivity contribution in [1.82, 2.24) is 5.32 Å². The lowest BCUT2D eigenvalue weighted by Gasteiger charge is -2.06. The van der Waals surface area contributed by atoms with Gasteiger partial charge in [0.25, 0.3) is 11.6 Å². The van der Waals surface area contributed by atoms with Crippen LogP contribution in [0.4, 0.5) is 11.4 Å². The zero-order valence-electron chi connectivity index (χ0n) is 10.7. The van der Waals surface area contributed by atoms with Gasteiger partial charge in [-0.1, -0.05) is 11.6 Å². The van der Waals surface area contributed by atoms with E-state index in [1.165, 1.54) is 6.07 Å². The molecule has 1 unspecified atom stereocenters. The first kappa shape index (κ1) is 16.4. The lowest BCUT2D eigenvalue weighted by molar-refractivity contribution is -0.383. The van der Waals surface area contributed by atoms with Crippen molar-refractivity contribution in [2.75, 3.05) is 24.3 Å². The number of hydrogen-bond acceptors (Lipinski definition) is 5. The molecule has 0 radical (unpaired) electrons. The van der Waals surface area contributed by atoms with E-state index in [9.17, 15) is 19.1 Å². The number of hydrogen-bond donors (Lipinski definition) is 2. The summed E-state index contributed by atoms with van der Waals surface area (Å²) in [7, 11) is -0.920. The molecule has 7 nitrogen and oxygen atoms in total. The second-order valence-corrected chi connectivity index (χ2v) is 6.00. The van der Waals surface area contributed by atoms with E-state index in [-0.39, 0.29) is 16.3 Å². The van der Waals surface area contributed by atoms with Crippen LogP contribution in [0, 0.1) is 10.1 Å². The maximum Gasteiger partial charge on any atom is 0.294 e. The van der Waals surface area contributed by atoms with Crippen LogP contribution in [0.3, 0.4) is 0 Å². The third-order valence-electron chi connectivity index (χ3n) is 2.46. The fraction of sp³-hybridized carbons (Fsp3) is 0.364. The number of benzene rings is 1. The van der Waals surface area contributed by atoms with Gasteiger partial charge in [0, 0.05) is 41.0 Å². The van der Waals surface area contributed by atoms with E-state index in [4.69, 9.17) is 17.3 Å². The summed E-state index contributed by atoms with van der Waals surface area (Å²) >= 11 is 5.76. The van der Waals surface area contributed by atoms with E-state index in [1.807, 2.05) is 0 Å². The highest BCUT2D eigenvalue weighted by Crippen LogP contribution is 2.30. The first-order valence-electron chi connectivity index (χ1n) is 5.64. The average molecular weight is 320 g/mol. The Morgan fingerprint density at radius 2 is 2.20 bits per heavy atom. The first-order valence-corrected chi connectivity index (χ1v) is 7.75. The van der Waals surface area contributed by atoms with Gasteiger partial charge in [-0.3, -0.25) is 19.1 Å². The molecule has 9 heteroatoms. The molecular formula is C11H14ClN3O4S. The second kappa shape index (κ2) is 7.20. The minimum atomic E-state index is -0.920. The van der Waals surface area contributed by atoms with Gasteiger partial charge >= 0.3 is 0 Å². The number of nitrogens with one attached hydrogen (secondary N) is 1. The predicted molar refractivity (Wildman–Crippen MR) is 78.4 cm³/mol. The van der Waals surface area contributed by atoms with Crippen LogP contribution >= 0.6 is 11.6 Å². The summed E-state index contributed by atoms with van der Waals surface area (Å²) in [4.78, 5) is 21.9. The van der Waals surface area contributed by atoms with E-state index >= 15 is 0 Å². The third-order valence-corrected chi connectivity index (χ3v) is 3.64. The van der Waals surface area contributed by atoms with Crippen LogP contribution in [-0.2, 0) is 10.8 Å². The number of nitrogens with two attached hydrogens (primary N) is 1. The largest absolute Gasteiger partial charge is 0.392 e. The van der Waals surface area contributed by atoms with Gasteiger partial charge in [0.05, 0.1) is 9.95 Å². The Labute approximate surface area is 123 Å². The smallest absolute Gasteiger partial charge is 0.294 e. The normalized spacial score (nSPS) is 11.9. The third kappa shape index (κ3) is 4.46. The zero-order chi connectivity index (χ0) is 15.3. The lowest BCUT2D eigenvalue weighted by atomic mass is 10.1. The number of carbonyl (C=O) groups excluding carboxylic acids is 1. The second-order valence-electron chi connectivity index (χ2n) is 4.03.